The number of nitrogens with two attached hydrogens (primary N) is 1. The molecule has 0 spiro atoms. The maximum atomic E-state index is 12.2. The highest BCUT2D eigenvalue weighted by Gasteiger charge is 2.38. The SMILES string of the molecule is CCC1[C@H](C)[C@@H](N)c2cc(N3CCOCC3)ccc2N1C(C)=O. The number of amides is 1. The number of anilines is 2. The number of carbonyl (C=O) groups excluding carboxylic acids is 1. The lowest BCUT2D eigenvalue weighted by molar-refractivity contribution is -0.117. The van der Waals surface area contributed by atoms with Crippen molar-refractivity contribution in [2.24, 2.45) is 11.7 Å². The summed E-state index contributed by atoms with van der Waals surface area (Å²) in [7, 11) is 0. The smallest absolute Gasteiger partial charge is 0.224 e. The van der Waals surface area contributed by atoms with Gasteiger partial charge < -0.3 is 20.3 Å². The molecule has 1 aromatic rings. The summed E-state index contributed by atoms with van der Waals surface area (Å²) in [6, 6.07) is 6.48. The molecule has 5 heteroatoms. The van der Waals surface area contributed by atoms with Gasteiger partial charge in [-0.1, -0.05) is 13.8 Å². The minimum Gasteiger partial charge on any atom is -0.378 e. The largest absolute Gasteiger partial charge is 0.378 e. The number of fused-ring (bicyclic) bond motifs is 1. The molecule has 1 fully saturated rings. The molecule has 1 amide bonds. The molecule has 1 aromatic carbocycles. The summed E-state index contributed by atoms with van der Waals surface area (Å²) in [6.45, 7) is 9.24. The molecule has 126 valence electrons. The van der Waals surface area contributed by atoms with Gasteiger partial charge in [0.1, 0.15) is 0 Å². The Kier molecular flexibility index (Phi) is 4.60. The Labute approximate surface area is 138 Å². The number of ether oxygens (including phenoxy) is 1. The van der Waals surface area contributed by atoms with Gasteiger partial charge in [-0.05, 0) is 36.1 Å². The first-order valence-electron chi connectivity index (χ1n) is 8.56. The normalized spacial score (nSPS) is 27.7. The van der Waals surface area contributed by atoms with Gasteiger partial charge >= 0.3 is 0 Å². The lowest BCUT2D eigenvalue weighted by atomic mass is 9.81. The Bertz CT molecular complexity index is 584. The third-order valence-corrected chi connectivity index (χ3v) is 5.27. The zero-order valence-electron chi connectivity index (χ0n) is 14.3. The average molecular weight is 317 g/mol. The van der Waals surface area contributed by atoms with Crippen molar-refractivity contribution < 1.29 is 9.53 Å². The topological polar surface area (TPSA) is 58.8 Å². The first-order chi connectivity index (χ1) is 11.0. The highest BCUT2D eigenvalue weighted by atomic mass is 16.5. The third-order valence-electron chi connectivity index (χ3n) is 5.27. The van der Waals surface area contributed by atoms with Crippen LogP contribution in [0.5, 0.6) is 0 Å². The molecule has 3 atom stereocenters. The van der Waals surface area contributed by atoms with E-state index in [1.165, 1.54) is 5.69 Å². The van der Waals surface area contributed by atoms with E-state index in [2.05, 4.69) is 36.9 Å². The summed E-state index contributed by atoms with van der Waals surface area (Å²) >= 11 is 0. The van der Waals surface area contributed by atoms with Gasteiger partial charge in [0.2, 0.25) is 5.91 Å². The summed E-state index contributed by atoms with van der Waals surface area (Å²) in [5.41, 5.74) is 9.77. The molecule has 0 bridgehead atoms. The van der Waals surface area contributed by atoms with Crippen LogP contribution in [0.25, 0.3) is 0 Å². The predicted molar refractivity (Wildman–Crippen MR) is 92.8 cm³/mol. The van der Waals surface area contributed by atoms with Crippen LogP contribution in [0, 0.1) is 5.92 Å². The van der Waals surface area contributed by atoms with Crippen LogP contribution in [0.4, 0.5) is 11.4 Å². The lowest BCUT2D eigenvalue weighted by Gasteiger charge is -2.44. The second-order valence-corrected chi connectivity index (χ2v) is 6.59. The maximum absolute atomic E-state index is 12.2. The Balaban J connectivity index is 2.01. The Morgan fingerprint density at radius 2 is 2.04 bits per heavy atom. The van der Waals surface area contributed by atoms with Crippen molar-refractivity contribution in [3.63, 3.8) is 0 Å². The van der Waals surface area contributed by atoms with E-state index in [-0.39, 0.29) is 23.9 Å². The van der Waals surface area contributed by atoms with E-state index in [1.54, 1.807) is 6.92 Å². The number of hydrogen-bond donors (Lipinski definition) is 1. The summed E-state index contributed by atoms with van der Waals surface area (Å²) in [6.07, 6.45) is 0.916. The molecule has 2 aliphatic heterocycles. The Hall–Kier alpha value is -1.59. The molecule has 0 aromatic heterocycles. The fourth-order valence-corrected chi connectivity index (χ4v) is 3.94. The number of rotatable bonds is 2. The number of benzene rings is 1. The summed E-state index contributed by atoms with van der Waals surface area (Å²) in [5, 5.41) is 0. The highest BCUT2D eigenvalue weighted by Crippen LogP contribution is 2.42. The van der Waals surface area contributed by atoms with E-state index in [9.17, 15) is 4.79 Å². The lowest BCUT2D eigenvalue weighted by Crippen LogP contribution is -2.50. The molecule has 2 heterocycles. The van der Waals surface area contributed by atoms with Crippen LogP contribution in [0.2, 0.25) is 0 Å². The van der Waals surface area contributed by atoms with E-state index in [0.29, 0.717) is 0 Å². The first-order valence-corrected chi connectivity index (χ1v) is 8.56. The molecule has 5 nitrogen and oxygen atoms in total. The molecule has 0 aliphatic carbocycles. The fraction of sp³-hybridized carbons (Fsp3) is 0.611. The standard InChI is InChI=1S/C18H27N3O2/c1-4-16-12(2)18(19)15-11-14(20-7-9-23-10-8-20)5-6-17(15)21(16)13(3)22/h5-6,11-12,16,18H,4,7-10,19H2,1-3H3/t12-,16?,18+/m0/s1. The quantitative estimate of drug-likeness (QED) is 0.909. The van der Waals surface area contributed by atoms with Crippen LogP contribution < -0.4 is 15.5 Å². The van der Waals surface area contributed by atoms with Crippen molar-refractivity contribution in [2.75, 3.05) is 36.1 Å². The summed E-state index contributed by atoms with van der Waals surface area (Å²) in [5.74, 6) is 0.340. The molecule has 3 rings (SSSR count). The van der Waals surface area contributed by atoms with Gasteiger partial charge in [0.05, 0.1) is 13.2 Å². The van der Waals surface area contributed by atoms with Crippen LogP contribution >= 0.6 is 0 Å². The van der Waals surface area contributed by atoms with Crippen molar-refractivity contribution in [1.82, 2.24) is 0 Å². The highest BCUT2D eigenvalue weighted by molar-refractivity contribution is 5.94. The van der Waals surface area contributed by atoms with E-state index in [1.807, 2.05) is 4.90 Å². The van der Waals surface area contributed by atoms with Gasteiger partial charge in [0.15, 0.2) is 0 Å². The molecule has 1 unspecified atom stereocenters. The zero-order valence-corrected chi connectivity index (χ0v) is 14.3. The van der Waals surface area contributed by atoms with Gasteiger partial charge in [0, 0.05) is 43.5 Å². The van der Waals surface area contributed by atoms with E-state index < -0.39 is 0 Å². The third kappa shape index (κ3) is 2.83. The van der Waals surface area contributed by atoms with Crippen molar-refractivity contribution in [1.29, 1.82) is 0 Å². The van der Waals surface area contributed by atoms with Crippen LogP contribution in [0.15, 0.2) is 18.2 Å². The van der Waals surface area contributed by atoms with Crippen LogP contribution in [0.1, 0.15) is 38.8 Å². The van der Waals surface area contributed by atoms with Crippen molar-refractivity contribution >= 4 is 17.3 Å². The Morgan fingerprint density at radius 1 is 1.35 bits per heavy atom. The molecule has 23 heavy (non-hydrogen) atoms. The maximum Gasteiger partial charge on any atom is 0.224 e. The van der Waals surface area contributed by atoms with E-state index >= 15 is 0 Å². The molecule has 2 aliphatic rings. The molecule has 1 saturated heterocycles. The minimum absolute atomic E-state index is 0.0356. The summed E-state index contributed by atoms with van der Waals surface area (Å²) in [4.78, 5) is 16.5. The average Bonchev–Trinajstić information content (AvgIpc) is 2.58. The molecular formula is C18H27N3O2. The zero-order chi connectivity index (χ0) is 16.6. The van der Waals surface area contributed by atoms with Crippen LogP contribution in [-0.4, -0.2) is 38.3 Å². The van der Waals surface area contributed by atoms with Gasteiger partial charge in [-0.2, -0.15) is 0 Å². The number of hydrogen-bond acceptors (Lipinski definition) is 4. The molecule has 0 radical (unpaired) electrons. The second-order valence-electron chi connectivity index (χ2n) is 6.59. The van der Waals surface area contributed by atoms with Gasteiger partial charge in [0.25, 0.3) is 0 Å². The van der Waals surface area contributed by atoms with Gasteiger partial charge in [-0.25, -0.2) is 0 Å². The number of morpholine rings is 1. The van der Waals surface area contributed by atoms with Gasteiger partial charge in [-0.3, -0.25) is 4.79 Å². The predicted octanol–water partition coefficient (Wildman–Crippen LogP) is 2.30. The van der Waals surface area contributed by atoms with E-state index in [0.717, 1.165) is 44.0 Å². The minimum atomic E-state index is -0.0356. The van der Waals surface area contributed by atoms with E-state index in [4.69, 9.17) is 10.5 Å². The van der Waals surface area contributed by atoms with Crippen molar-refractivity contribution in [2.45, 2.75) is 39.3 Å². The monoisotopic (exact) mass is 317 g/mol. The first kappa shape index (κ1) is 16.3. The second kappa shape index (κ2) is 6.49. The van der Waals surface area contributed by atoms with Gasteiger partial charge in [-0.15, -0.1) is 0 Å². The van der Waals surface area contributed by atoms with Crippen LogP contribution in [0.3, 0.4) is 0 Å². The van der Waals surface area contributed by atoms with Crippen LogP contribution in [-0.2, 0) is 9.53 Å². The van der Waals surface area contributed by atoms with Crippen molar-refractivity contribution in [3.8, 4) is 0 Å². The molecule has 2 N–H and O–H groups in total. The fourth-order valence-electron chi connectivity index (χ4n) is 3.94. The number of nitrogens with zero attached hydrogens (tertiary/aromatic N) is 2. The molecule has 0 saturated carbocycles. The number of carbonyl (C=O) groups is 1. The van der Waals surface area contributed by atoms with Crippen molar-refractivity contribution in [3.05, 3.63) is 23.8 Å². The Morgan fingerprint density at radius 3 is 2.65 bits per heavy atom. The molecular weight excluding hydrogens is 290 g/mol. The summed E-state index contributed by atoms with van der Waals surface area (Å²) < 4.78 is 5.43.